The Morgan fingerprint density at radius 3 is 2.69 bits per heavy atom. The minimum Gasteiger partial charge on any atom is -0.313 e. The lowest BCUT2D eigenvalue weighted by Crippen LogP contribution is -1.99. The van der Waals surface area contributed by atoms with Crippen LogP contribution in [0, 0.1) is 11.6 Å². The fraction of sp³-hybridized carbons (Fsp3) is 0.200. The van der Waals surface area contributed by atoms with E-state index in [-0.39, 0.29) is 17.3 Å². The van der Waals surface area contributed by atoms with E-state index in [9.17, 15) is 8.78 Å². The Hall–Kier alpha value is -1.49. The maximum absolute atomic E-state index is 13.5. The van der Waals surface area contributed by atoms with E-state index in [2.05, 4.69) is 10.2 Å². The summed E-state index contributed by atoms with van der Waals surface area (Å²) in [4.78, 5) is 0. The van der Waals surface area contributed by atoms with Crippen LogP contribution in [0.4, 0.5) is 8.78 Å². The zero-order chi connectivity index (χ0) is 11.7. The normalized spacial score (nSPS) is 10.8. The lowest BCUT2D eigenvalue weighted by atomic mass is 10.2. The van der Waals surface area contributed by atoms with Crippen LogP contribution in [-0.2, 0) is 12.9 Å². The molecule has 0 fully saturated rings. The molecule has 0 N–H and O–H groups in total. The second kappa shape index (κ2) is 4.17. The van der Waals surface area contributed by atoms with Gasteiger partial charge < -0.3 is 4.57 Å². The van der Waals surface area contributed by atoms with Crippen LogP contribution < -0.4 is 0 Å². The van der Waals surface area contributed by atoms with Gasteiger partial charge in [-0.25, -0.2) is 8.78 Å². The lowest BCUT2D eigenvalue weighted by Gasteiger charge is -2.03. The first-order valence-electron chi connectivity index (χ1n) is 4.53. The van der Waals surface area contributed by atoms with Gasteiger partial charge in [0, 0.05) is 7.05 Å². The van der Waals surface area contributed by atoms with Gasteiger partial charge in [-0.15, -0.1) is 21.8 Å². The maximum Gasteiger partial charge on any atom is 0.166 e. The van der Waals surface area contributed by atoms with Gasteiger partial charge in [0.25, 0.3) is 0 Å². The molecule has 0 atom stereocenters. The molecule has 2 rings (SSSR count). The van der Waals surface area contributed by atoms with Crippen molar-refractivity contribution in [3.05, 3.63) is 35.7 Å². The first-order chi connectivity index (χ1) is 7.63. The van der Waals surface area contributed by atoms with Crippen LogP contribution in [0.15, 0.2) is 18.2 Å². The number of hydrogen-bond donors (Lipinski definition) is 0. The molecule has 0 saturated heterocycles. The third kappa shape index (κ3) is 1.78. The summed E-state index contributed by atoms with van der Waals surface area (Å²) in [5.74, 6) is -0.140. The quantitative estimate of drug-likeness (QED) is 0.759. The zero-order valence-electron chi connectivity index (χ0n) is 8.41. The molecule has 0 radical (unpaired) electrons. The molecule has 1 aromatic heterocycles. The fourth-order valence-electron chi connectivity index (χ4n) is 1.38. The number of benzene rings is 1. The van der Waals surface area contributed by atoms with Crippen molar-refractivity contribution in [1.29, 1.82) is 0 Å². The van der Waals surface area contributed by atoms with E-state index < -0.39 is 11.6 Å². The van der Waals surface area contributed by atoms with Gasteiger partial charge in [-0.3, -0.25) is 0 Å². The van der Waals surface area contributed by atoms with Crippen LogP contribution in [0.3, 0.4) is 0 Å². The van der Waals surface area contributed by atoms with E-state index in [0.717, 1.165) is 18.2 Å². The van der Waals surface area contributed by atoms with Crippen molar-refractivity contribution in [2.24, 2.45) is 7.05 Å². The van der Waals surface area contributed by atoms with Crippen LogP contribution in [0.1, 0.15) is 5.82 Å². The summed E-state index contributed by atoms with van der Waals surface area (Å²) in [7, 11) is 1.65. The Morgan fingerprint density at radius 1 is 1.31 bits per heavy atom. The predicted octanol–water partition coefficient (Wildman–Crippen LogP) is 2.50. The van der Waals surface area contributed by atoms with Crippen molar-refractivity contribution in [2.75, 3.05) is 0 Å². The van der Waals surface area contributed by atoms with Gasteiger partial charge in [0.15, 0.2) is 5.82 Å². The molecule has 6 heteroatoms. The van der Waals surface area contributed by atoms with Gasteiger partial charge in [-0.2, -0.15) is 0 Å². The molecule has 0 unspecified atom stereocenters. The highest BCUT2D eigenvalue weighted by atomic mass is 35.5. The molecular formula is C10H8ClF2N3. The SMILES string of the molecule is Cn1c(CCl)nnc1-c1cc(F)ccc1F. The summed E-state index contributed by atoms with van der Waals surface area (Å²) in [6.07, 6.45) is 0. The number of nitrogens with zero attached hydrogens (tertiary/aromatic N) is 3. The summed E-state index contributed by atoms with van der Waals surface area (Å²) in [5, 5.41) is 7.55. The molecule has 2 aromatic rings. The largest absolute Gasteiger partial charge is 0.313 e. The summed E-state index contributed by atoms with van der Waals surface area (Å²) in [6.45, 7) is 0. The highest BCUT2D eigenvalue weighted by molar-refractivity contribution is 6.16. The molecule has 0 spiro atoms. The van der Waals surface area contributed by atoms with E-state index >= 15 is 0 Å². The molecule has 1 heterocycles. The fourth-order valence-corrected chi connectivity index (χ4v) is 1.61. The van der Waals surface area contributed by atoms with Crippen LogP contribution in [0.5, 0.6) is 0 Å². The molecule has 0 aliphatic carbocycles. The number of hydrogen-bond acceptors (Lipinski definition) is 2. The van der Waals surface area contributed by atoms with Crippen molar-refractivity contribution in [3.8, 4) is 11.4 Å². The first kappa shape index (κ1) is 11.0. The Labute approximate surface area is 95.7 Å². The highest BCUT2D eigenvalue weighted by Crippen LogP contribution is 2.22. The Kier molecular flexibility index (Phi) is 2.87. The lowest BCUT2D eigenvalue weighted by molar-refractivity contribution is 0.601. The van der Waals surface area contributed by atoms with E-state index in [4.69, 9.17) is 11.6 Å². The third-order valence-corrected chi connectivity index (χ3v) is 2.49. The molecule has 84 valence electrons. The van der Waals surface area contributed by atoms with E-state index in [1.807, 2.05) is 0 Å². The minimum absolute atomic E-state index is 0.0753. The van der Waals surface area contributed by atoms with Crippen LogP contribution in [0.2, 0.25) is 0 Å². The van der Waals surface area contributed by atoms with E-state index in [0.29, 0.717) is 5.82 Å². The standard InChI is InChI=1S/C10H8ClF2N3/c1-16-9(5-11)14-15-10(16)7-4-6(12)2-3-8(7)13/h2-4H,5H2,1H3. The number of rotatable bonds is 2. The van der Waals surface area contributed by atoms with E-state index in [1.165, 1.54) is 4.57 Å². The Morgan fingerprint density at radius 2 is 2.06 bits per heavy atom. The number of aromatic nitrogens is 3. The molecule has 0 aliphatic heterocycles. The monoisotopic (exact) mass is 243 g/mol. The number of alkyl halides is 1. The summed E-state index contributed by atoms with van der Waals surface area (Å²) in [5.41, 5.74) is 0.0753. The molecule has 0 aliphatic rings. The van der Waals surface area contributed by atoms with Crippen molar-refractivity contribution < 1.29 is 8.78 Å². The summed E-state index contributed by atoms with van der Waals surface area (Å²) in [6, 6.07) is 3.19. The predicted molar refractivity (Wildman–Crippen MR) is 55.9 cm³/mol. The second-order valence-corrected chi connectivity index (χ2v) is 3.52. The topological polar surface area (TPSA) is 30.7 Å². The highest BCUT2D eigenvalue weighted by Gasteiger charge is 2.14. The zero-order valence-corrected chi connectivity index (χ0v) is 9.17. The molecule has 0 amide bonds. The van der Waals surface area contributed by atoms with E-state index in [1.54, 1.807) is 7.05 Å². The van der Waals surface area contributed by atoms with Crippen LogP contribution in [0.25, 0.3) is 11.4 Å². The average Bonchev–Trinajstić information content (AvgIpc) is 2.63. The van der Waals surface area contributed by atoms with Crippen molar-refractivity contribution in [2.45, 2.75) is 5.88 Å². The maximum atomic E-state index is 13.5. The summed E-state index contributed by atoms with van der Waals surface area (Å²) < 4.78 is 28.0. The van der Waals surface area contributed by atoms with Crippen molar-refractivity contribution >= 4 is 11.6 Å². The van der Waals surface area contributed by atoms with Gasteiger partial charge in [-0.05, 0) is 18.2 Å². The van der Waals surface area contributed by atoms with Crippen LogP contribution in [-0.4, -0.2) is 14.8 Å². The second-order valence-electron chi connectivity index (χ2n) is 3.26. The van der Waals surface area contributed by atoms with Gasteiger partial charge in [0.1, 0.15) is 17.5 Å². The summed E-state index contributed by atoms with van der Waals surface area (Å²) >= 11 is 5.61. The number of halogens is 3. The molecule has 1 aromatic carbocycles. The van der Waals surface area contributed by atoms with Gasteiger partial charge in [0.05, 0.1) is 11.4 Å². The van der Waals surface area contributed by atoms with Crippen LogP contribution >= 0.6 is 11.6 Å². The molecule has 3 nitrogen and oxygen atoms in total. The van der Waals surface area contributed by atoms with Crippen molar-refractivity contribution in [3.63, 3.8) is 0 Å². The Balaban J connectivity index is 2.58. The minimum atomic E-state index is -0.543. The molecule has 0 bridgehead atoms. The van der Waals surface area contributed by atoms with Gasteiger partial charge in [0.2, 0.25) is 0 Å². The third-order valence-electron chi connectivity index (χ3n) is 2.25. The van der Waals surface area contributed by atoms with Gasteiger partial charge in [-0.1, -0.05) is 0 Å². The Bertz CT molecular complexity index is 525. The molecule has 16 heavy (non-hydrogen) atoms. The van der Waals surface area contributed by atoms with Crippen molar-refractivity contribution in [1.82, 2.24) is 14.8 Å². The van der Waals surface area contributed by atoms with Gasteiger partial charge >= 0.3 is 0 Å². The first-order valence-corrected chi connectivity index (χ1v) is 5.06. The average molecular weight is 244 g/mol. The smallest absolute Gasteiger partial charge is 0.166 e. The molecular weight excluding hydrogens is 236 g/mol. The molecule has 0 saturated carbocycles.